The minimum absolute atomic E-state index is 0.0762. The summed E-state index contributed by atoms with van der Waals surface area (Å²) in [5.41, 5.74) is 2.28. The first-order chi connectivity index (χ1) is 13.4. The van der Waals surface area contributed by atoms with Gasteiger partial charge in [0, 0.05) is 11.3 Å². The smallest absolute Gasteiger partial charge is 0.262 e. The summed E-state index contributed by atoms with van der Waals surface area (Å²) in [5.74, 6) is 0.175. The number of para-hydroxylation sites is 2. The van der Waals surface area contributed by atoms with Crippen LogP contribution in [0.3, 0.4) is 0 Å². The summed E-state index contributed by atoms with van der Waals surface area (Å²) in [7, 11) is -2.32. The summed E-state index contributed by atoms with van der Waals surface area (Å²) in [6.45, 7) is 1.86. The van der Waals surface area contributed by atoms with Crippen molar-refractivity contribution in [2.24, 2.45) is 0 Å². The zero-order valence-corrected chi connectivity index (χ0v) is 16.3. The maximum Gasteiger partial charge on any atom is 0.262 e. The number of sulfonamides is 1. The molecular weight excluding hydrogens is 376 g/mol. The second-order valence-electron chi connectivity index (χ2n) is 6.10. The average Bonchev–Trinajstić information content (AvgIpc) is 2.69. The van der Waals surface area contributed by atoms with Crippen molar-refractivity contribution in [3.05, 3.63) is 83.9 Å². The molecular formula is C21H20N2O4S. The lowest BCUT2D eigenvalue weighted by Crippen LogP contribution is -2.15. The molecule has 0 saturated heterocycles. The van der Waals surface area contributed by atoms with Gasteiger partial charge in [-0.1, -0.05) is 30.3 Å². The number of benzene rings is 3. The molecule has 0 aliphatic carbocycles. The number of methoxy groups -OCH3 is 1. The molecule has 2 N–H and O–H groups in total. The molecule has 28 heavy (non-hydrogen) atoms. The van der Waals surface area contributed by atoms with Crippen LogP contribution in [0.15, 0.2) is 77.7 Å². The van der Waals surface area contributed by atoms with Gasteiger partial charge < -0.3 is 10.1 Å². The van der Waals surface area contributed by atoms with Crippen LogP contribution >= 0.6 is 0 Å². The average molecular weight is 396 g/mol. The second kappa shape index (κ2) is 8.14. The molecule has 0 bridgehead atoms. The number of carbonyl (C=O) groups excluding carboxylic acids is 1. The van der Waals surface area contributed by atoms with E-state index >= 15 is 0 Å². The lowest BCUT2D eigenvalue weighted by molar-refractivity contribution is 0.102. The fraction of sp³-hybridized carbons (Fsp3) is 0.0952. The van der Waals surface area contributed by atoms with Crippen LogP contribution in [0, 0.1) is 6.92 Å². The van der Waals surface area contributed by atoms with E-state index in [1.165, 1.54) is 19.2 Å². The SMILES string of the molecule is COc1ccccc1NS(=O)(=O)c1ccc(NC(=O)c2ccccc2C)cc1. The largest absolute Gasteiger partial charge is 0.495 e. The summed E-state index contributed by atoms with van der Waals surface area (Å²) in [4.78, 5) is 12.4. The van der Waals surface area contributed by atoms with Crippen LogP contribution in [0.4, 0.5) is 11.4 Å². The fourth-order valence-corrected chi connectivity index (χ4v) is 3.75. The van der Waals surface area contributed by atoms with Crippen LogP contribution < -0.4 is 14.8 Å². The zero-order valence-electron chi connectivity index (χ0n) is 15.5. The highest BCUT2D eigenvalue weighted by molar-refractivity contribution is 7.92. The molecule has 0 aliphatic rings. The number of nitrogens with one attached hydrogen (secondary N) is 2. The van der Waals surface area contributed by atoms with Gasteiger partial charge in [0.1, 0.15) is 5.75 Å². The molecule has 3 aromatic rings. The molecule has 3 rings (SSSR count). The number of aryl methyl sites for hydroxylation is 1. The van der Waals surface area contributed by atoms with Gasteiger partial charge in [0.2, 0.25) is 0 Å². The third-order valence-corrected chi connectivity index (χ3v) is 5.54. The summed E-state index contributed by atoms with van der Waals surface area (Å²) in [6, 6.07) is 20.0. The normalized spacial score (nSPS) is 10.9. The number of rotatable bonds is 6. The minimum Gasteiger partial charge on any atom is -0.495 e. The van der Waals surface area contributed by atoms with Gasteiger partial charge in [-0.2, -0.15) is 0 Å². The number of hydrogen-bond acceptors (Lipinski definition) is 4. The molecule has 1 amide bonds. The zero-order chi connectivity index (χ0) is 20.1. The molecule has 6 nitrogen and oxygen atoms in total. The maximum atomic E-state index is 12.6. The van der Waals surface area contributed by atoms with E-state index in [1.54, 1.807) is 48.5 Å². The Morgan fingerprint density at radius 3 is 2.21 bits per heavy atom. The van der Waals surface area contributed by atoms with Gasteiger partial charge >= 0.3 is 0 Å². The Morgan fingerprint density at radius 1 is 0.893 bits per heavy atom. The molecule has 0 aliphatic heterocycles. The molecule has 144 valence electrons. The molecule has 0 spiro atoms. The van der Waals surface area contributed by atoms with E-state index in [9.17, 15) is 13.2 Å². The topological polar surface area (TPSA) is 84.5 Å². The first-order valence-corrected chi connectivity index (χ1v) is 10.0. The number of anilines is 2. The van der Waals surface area contributed by atoms with Gasteiger partial charge in [0.05, 0.1) is 17.7 Å². The molecule has 0 unspecified atom stereocenters. The van der Waals surface area contributed by atoms with E-state index in [2.05, 4.69) is 10.0 Å². The highest BCUT2D eigenvalue weighted by Crippen LogP contribution is 2.26. The number of amides is 1. The second-order valence-corrected chi connectivity index (χ2v) is 7.78. The summed E-state index contributed by atoms with van der Waals surface area (Å²) in [6.07, 6.45) is 0. The molecule has 0 atom stereocenters. The lowest BCUT2D eigenvalue weighted by atomic mass is 10.1. The lowest BCUT2D eigenvalue weighted by Gasteiger charge is -2.12. The quantitative estimate of drug-likeness (QED) is 0.658. The molecule has 0 fully saturated rings. The van der Waals surface area contributed by atoms with Crippen LogP contribution in [-0.4, -0.2) is 21.4 Å². The van der Waals surface area contributed by atoms with Gasteiger partial charge in [-0.05, 0) is 55.0 Å². The van der Waals surface area contributed by atoms with E-state index in [-0.39, 0.29) is 10.8 Å². The van der Waals surface area contributed by atoms with E-state index in [0.29, 0.717) is 22.7 Å². The predicted octanol–water partition coefficient (Wildman–Crippen LogP) is 4.06. The molecule has 7 heteroatoms. The van der Waals surface area contributed by atoms with Gasteiger partial charge in [0.25, 0.3) is 15.9 Å². The Morgan fingerprint density at radius 2 is 1.54 bits per heavy atom. The van der Waals surface area contributed by atoms with Gasteiger partial charge in [-0.15, -0.1) is 0 Å². The van der Waals surface area contributed by atoms with Gasteiger partial charge in [0.15, 0.2) is 0 Å². The number of hydrogen-bond donors (Lipinski definition) is 2. The summed E-state index contributed by atoms with van der Waals surface area (Å²) < 4.78 is 32.9. The third-order valence-electron chi connectivity index (χ3n) is 4.16. The van der Waals surface area contributed by atoms with Gasteiger partial charge in [-0.25, -0.2) is 8.42 Å². The van der Waals surface area contributed by atoms with Crippen LogP contribution in [0.1, 0.15) is 15.9 Å². The minimum atomic E-state index is -3.79. The van der Waals surface area contributed by atoms with E-state index in [0.717, 1.165) is 5.56 Å². The summed E-state index contributed by atoms with van der Waals surface area (Å²) in [5, 5.41) is 2.77. The molecule has 0 saturated carbocycles. The van der Waals surface area contributed by atoms with Crippen molar-refractivity contribution < 1.29 is 17.9 Å². The van der Waals surface area contributed by atoms with Crippen LogP contribution in [0.5, 0.6) is 5.75 Å². The van der Waals surface area contributed by atoms with E-state index in [1.807, 2.05) is 19.1 Å². The Hall–Kier alpha value is -3.32. The number of carbonyl (C=O) groups is 1. The highest BCUT2D eigenvalue weighted by Gasteiger charge is 2.17. The first-order valence-electron chi connectivity index (χ1n) is 8.53. The van der Waals surface area contributed by atoms with E-state index in [4.69, 9.17) is 4.74 Å². The predicted molar refractivity (Wildman–Crippen MR) is 109 cm³/mol. The van der Waals surface area contributed by atoms with Gasteiger partial charge in [-0.3, -0.25) is 9.52 Å². The fourth-order valence-electron chi connectivity index (χ4n) is 2.68. The Balaban J connectivity index is 1.76. The molecule has 0 aromatic heterocycles. The van der Waals surface area contributed by atoms with Crippen LogP contribution in [-0.2, 0) is 10.0 Å². The number of ether oxygens (including phenoxy) is 1. The van der Waals surface area contributed by atoms with Crippen molar-refractivity contribution in [2.75, 3.05) is 17.1 Å². The van der Waals surface area contributed by atoms with Crippen molar-refractivity contribution in [2.45, 2.75) is 11.8 Å². The Labute approximate surface area is 164 Å². The van der Waals surface area contributed by atoms with Crippen molar-refractivity contribution in [3.63, 3.8) is 0 Å². The van der Waals surface area contributed by atoms with Crippen molar-refractivity contribution in [1.29, 1.82) is 0 Å². The highest BCUT2D eigenvalue weighted by atomic mass is 32.2. The van der Waals surface area contributed by atoms with E-state index < -0.39 is 10.0 Å². The molecule has 0 radical (unpaired) electrons. The summed E-state index contributed by atoms with van der Waals surface area (Å²) >= 11 is 0. The van der Waals surface area contributed by atoms with Crippen LogP contribution in [0.2, 0.25) is 0 Å². The Bertz CT molecular complexity index is 1090. The van der Waals surface area contributed by atoms with Crippen molar-refractivity contribution >= 4 is 27.3 Å². The monoisotopic (exact) mass is 396 g/mol. The third kappa shape index (κ3) is 4.32. The maximum absolute atomic E-state index is 12.6. The van der Waals surface area contributed by atoms with Crippen molar-refractivity contribution in [1.82, 2.24) is 0 Å². The first kappa shape index (κ1) is 19.4. The Kier molecular flexibility index (Phi) is 5.65. The molecule has 0 heterocycles. The van der Waals surface area contributed by atoms with Crippen LogP contribution in [0.25, 0.3) is 0 Å². The van der Waals surface area contributed by atoms with Crippen molar-refractivity contribution in [3.8, 4) is 5.75 Å². The standard InChI is InChI=1S/C21H20N2O4S/c1-15-7-3-4-8-18(15)21(24)22-16-11-13-17(14-12-16)28(25,26)23-19-9-5-6-10-20(19)27-2/h3-14,23H,1-2H3,(H,22,24). The molecule has 3 aromatic carbocycles.